The second kappa shape index (κ2) is 4.33. The van der Waals surface area contributed by atoms with Crippen LogP contribution in [0.2, 0.25) is 0 Å². The first-order valence-electron chi connectivity index (χ1n) is 4.20. The summed E-state index contributed by atoms with van der Waals surface area (Å²) in [6, 6.07) is 0. The Morgan fingerprint density at radius 1 is 1.55 bits per heavy atom. The van der Waals surface area contributed by atoms with Crippen LogP contribution in [0.4, 0.5) is 0 Å². The second-order valence-electron chi connectivity index (χ2n) is 3.37. The van der Waals surface area contributed by atoms with Crippen molar-refractivity contribution in [2.45, 2.75) is 25.2 Å². The Kier molecular flexibility index (Phi) is 3.69. The molecule has 0 aromatic rings. The highest BCUT2D eigenvalue weighted by atomic mass is 32.2. The number of aliphatic hydroxyl groups is 1. The van der Waals surface area contributed by atoms with E-state index in [2.05, 4.69) is 19.2 Å². The van der Waals surface area contributed by atoms with Gasteiger partial charge >= 0.3 is 0 Å². The molecule has 0 amide bonds. The van der Waals surface area contributed by atoms with E-state index in [1.54, 1.807) is 0 Å². The molecule has 66 valence electrons. The molecule has 0 aromatic carbocycles. The van der Waals surface area contributed by atoms with Gasteiger partial charge in [-0.2, -0.15) is 11.8 Å². The molecule has 1 heterocycles. The molecule has 1 aliphatic rings. The van der Waals surface area contributed by atoms with Gasteiger partial charge in [0.05, 0.1) is 6.10 Å². The number of nitrogens with one attached hydrogen (secondary N) is 1. The SMILES string of the molecule is CC(C)SC[C@H]1CNC[C@@H]1O. The number of thioether (sulfide) groups is 1. The van der Waals surface area contributed by atoms with Crippen molar-refractivity contribution in [3.63, 3.8) is 0 Å². The minimum Gasteiger partial charge on any atom is -0.391 e. The van der Waals surface area contributed by atoms with Crippen LogP contribution in [0.1, 0.15) is 13.8 Å². The van der Waals surface area contributed by atoms with E-state index in [1.165, 1.54) is 0 Å². The lowest BCUT2D eigenvalue weighted by Gasteiger charge is -2.13. The smallest absolute Gasteiger partial charge is 0.0712 e. The Morgan fingerprint density at radius 2 is 2.27 bits per heavy atom. The van der Waals surface area contributed by atoms with Gasteiger partial charge in [-0.15, -0.1) is 0 Å². The Hall–Kier alpha value is 0.270. The quantitative estimate of drug-likeness (QED) is 0.662. The zero-order chi connectivity index (χ0) is 8.27. The van der Waals surface area contributed by atoms with Gasteiger partial charge in [0.15, 0.2) is 0 Å². The summed E-state index contributed by atoms with van der Waals surface area (Å²) >= 11 is 1.93. The van der Waals surface area contributed by atoms with E-state index in [0.717, 1.165) is 18.8 Å². The fourth-order valence-electron chi connectivity index (χ4n) is 1.21. The van der Waals surface area contributed by atoms with Crippen LogP contribution in [-0.4, -0.2) is 35.3 Å². The van der Waals surface area contributed by atoms with E-state index in [-0.39, 0.29) is 6.10 Å². The van der Waals surface area contributed by atoms with Gasteiger partial charge in [-0.3, -0.25) is 0 Å². The first kappa shape index (κ1) is 9.36. The average Bonchev–Trinajstić information content (AvgIpc) is 2.31. The van der Waals surface area contributed by atoms with E-state index < -0.39 is 0 Å². The van der Waals surface area contributed by atoms with Gasteiger partial charge in [-0.1, -0.05) is 13.8 Å². The van der Waals surface area contributed by atoms with Crippen LogP contribution in [0.5, 0.6) is 0 Å². The molecular formula is C8H17NOS. The number of aliphatic hydroxyl groups excluding tert-OH is 1. The van der Waals surface area contributed by atoms with Gasteiger partial charge < -0.3 is 10.4 Å². The summed E-state index contributed by atoms with van der Waals surface area (Å²) < 4.78 is 0. The molecule has 1 rings (SSSR count). The van der Waals surface area contributed by atoms with Gasteiger partial charge in [0.2, 0.25) is 0 Å². The van der Waals surface area contributed by atoms with E-state index in [4.69, 9.17) is 0 Å². The van der Waals surface area contributed by atoms with Crippen LogP contribution in [-0.2, 0) is 0 Å². The van der Waals surface area contributed by atoms with E-state index in [1.807, 2.05) is 11.8 Å². The third-order valence-corrected chi connectivity index (χ3v) is 3.24. The van der Waals surface area contributed by atoms with Crippen LogP contribution >= 0.6 is 11.8 Å². The summed E-state index contributed by atoms with van der Waals surface area (Å²) in [5, 5.41) is 13.3. The molecule has 2 nitrogen and oxygen atoms in total. The molecule has 11 heavy (non-hydrogen) atoms. The fraction of sp³-hybridized carbons (Fsp3) is 1.00. The molecule has 0 aromatic heterocycles. The van der Waals surface area contributed by atoms with Crippen molar-refractivity contribution >= 4 is 11.8 Å². The normalized spacial score (nSPS) is 31.6. The van der Waals surface area contributed by atoms with Gasteiger partial charge in [-0.05, 0) is 5.25 Å². The second-order valence-corrected chi connectivity index (χ2v) is 4.98. The summed E-state index contributed by atoms with van der Waals surface area (Å²) in [5.74, 6) is 1.56. The first-order valence-corrected chi connectivity index (χ1v) is 5.25. The Bertz CT molecular complexity index is 119. The highest BCUT2D eigenvalue weighted by molar-refractivity contribution is 7.99. The lowest BCUT2D eigenvalue weighted by Crippen LogP contribution is -2.20. The van der Waals surface area contributed by atoms with Crippen molar-refractivity contribution in [2.24, 2.45) is 5.92 Å². The summed E-state index contributed by atoms with van der Waals surface area (Å²) in [4.78, 5) is 0. The van der Waals surface area contributed by atoms with Crippen molar-refractivity contribution in [1.82, 2.24) is 5.32 Å². The van der Waals surface area contributed by atoms with Crippen molar-refractivity contribution in [3.05, 3.63) is 0 Å². The highest BCUT2D eigenvalue weighted by Crippen LogP contribution is 2.18. The standard InChI is InChI=1S/C8H17NOS/c1-6(2)11-5-7-3-9-4-8(7)10/h6-10H,3-5H2,1-2H3/t7-,8+/m1/s1. The molecular weight excluding hydrogens is 158 g/mol. The predicted molar refractivity (Wildman–Crippen MR) is 50.0 cm³/mol. The van der Waals surface area contributed by atoms with Crippen LogP contribution in [0, 0.1) is 5.92 Å². The minimum atomic E-state index is -0.110. The molecule has 0 bridgehead atoms. The van der Waals surface area contributed by atoms with Crippen molar-refractivity contribution in [3.8, 4) is 0 Å². The molecule has 1 saturated heterocycles. The van der Waals surface area contributed by atoms with Gasteiger partial charge in [0.25, 0.3) is 0 Å². The average molecular weight is 175 g/mol. The summed E-state index contributed by atoms with van der Waals surface area (Å²) in [6.07, 6.45) is -0.110. The third-order valence-electron chi connectivity index (χ3n) is 1.95. The molecule has 0 radical (unpaired) electrons. The molecule has 1 aliphatic heterocycles. The van der Waals surface area contributed by atoms with E-state index in [0.29, 0.717) is 11.2 Å². The minimum absolute atomic E-state index is 0.110. The third kappa shape index (κ3) is 3.01. The number of hydrogen-bond acceptors (Lipinski definition) is 3. The van der Waals surface area contributed by atoms with Gasteiger partial charge in [0.1, 0.15) is 0 Å². The maximum Gasteiger partial charge on any atom is 0.0712 e. The van der Waals surface area contributed by atoms with E-state index in [9.17, 15) is 5.11 Å². The first-order chi connectivity index (χ1) is 5.20. The Morgan fingerprint density at radius 3 is 2.73 bits per heavy atom. The molecule has 2 atom stereocenters. The Balaban J connectivity index is 2.15. The molecule has 1 fully saturated rings. The zero-order valence-electron chi connectivity index (χ0n) is 7.21. The summed E-state index contributed by atoms with van der Waals surface area (Å²) in [7, 11) is 0. The molecule has 0 unspecified atom stereocenters. The summed E-state index contributed by atoms with van der Waals surface area (Å²) in [6.45, 7) is 6.16. The Labute approximate surface area is 72.8 Å². The van der Waals surface area contributed by atoms with Crippen LogP contribution < -0.4 is 5.32 Å². The lowest BCUT2D eigenvalue weighted by atomic mass is 10.1. The van der Waals surface area contributed by atoms with Crippen molar-refractivity contribution in [2.75, 3.05) is 18.8 Å². The zero-order valence-corrected chi connectivity index (χ0v) is 8.03. The highest BCUT2D eigenvalue weighted by Gasteiger charge is 2.24. The van der Waals surface area contributed by atoms with Crippen molar-refractivity contribution in [1.29, 1.82) is 0 Å². The van der Waals surface area contributed by atoms with Gasteiger partial charge in [-0.25, -0.2) is 0 Å². The molecule has 0 spiro atoms. The molecule has 0 aliphatic carbocycles. The summed E-state index contributed by atoms with van der Waals surface area (Å²) in [5.41, 5.74) is 0. The maximum atomic E-state index is 9.43. The van der Waals surface area contributed by atoms with Gasteiger partial charge in [0, 0.05) is 24.8 Å². The maximum absolute atomic E-state index is 9.43. The number of β-amino-alcohol motifs (C(OH)–C–C–N with tert-alkyl or cyclic N) is 1. The van der Waals surface area contributed by atoms with Crippen LogP contribution in [0.25, 0.3) is 0 Å². The fourth-order valence-corrected chi connectivity index (χ4v) is 2.18. The van der Waals surface area contributed by atoms with Crippen LogP contribution in [0.3, 0.4) is 0 Å². The molecule has 2 N–H and O–H groups in total. The molecule has 0 saturated carbocycles. The van der Waals surface area contributed by atoms with Crippen molar-refractivity contribution < 1.29 is 5.11 Å². The topological polar surface area (TPSA) is 32.3 Å². The van der Waals surface area contributed by atoms with Crippen LogP contribution in [0.15, 0.2) is 0 Å². The lowest BCUT2D eigenvalue weighted by molar-refractivity contribution is 0.158. The monoisotopic (exact) mass is 175 g/mol. The largest absolute Gasteiger partial charge is 0.391 e. The predicted octanol–water partition coefficient (Wildman–Crippen LogP) is 0.708. The molecule has 3 heteroatoms. The van der Waals surface area contributed by atoms with E-state index >= 15 is 0 Å². The number of hydrogen-bond donors (Lipinski definition) is 2. The number of rotatable bonds is 3.